The molecule has 0 N–H and O–H groups in total. The first kappa shape index (κ1) is 16.2. The fourth-order valence-electron chi connectivity index (χ4n) is 4.23. The Bertz CT molecular complexity index is 1370. The smallest absolute Gasteiger partial charge is 0.148 e. The van der Waals surface area contributed by atoms with Crippen molar-refractivity contribution >= 4 is 38.2 Å². The van der Waals surface area contributed by atoms with E-state index in [1.165, 1.54) is 38.3 Å². The Labute approximate surface area is 158 Å². The van der Waals surface area contributed by atoms with Crippen LogP contribution < -0.4 is 0 Å². The Morgan fingerprint density at radius 1 is 0.741 bits per heavy atom. The summed E-state index contributed by atoms with van der Waals surface area (Å²) in [7, 11) is 0. The maximum atomic E-state index is 4.81. The molecule has 5 aromatic rings. The number of hydrogen-bond donors (Lipinski definition) is 0. The molecule has 0 atom stereocenters. The number of rotatable bonds is 1. The largest absolute Gasteiger partial charge is 0.293 e. The maximum absolute atomic E-state index is 4.81. The van der Waals surface area contributed by atoms with Gasteiger partial charge in [-0.15, -0.1) is 0 Å². The average molecular weight is 353 g/mol. The van der Waals surface area contributed by atoms with Crippen LogP contribution in [0.5, 0.6) is 0 Å². The Kier molecular flexibility index (Phi) is 3.33. The minimum absolute atomic E-state index is 0.498. The summed E-state index contributed by atoms with van der Waals surface area (Å²) in [4.78, 5) is 9.39. The van der Waals surface area contributed by atoms with Gasteiger partial charge in [0.2, 0.25) is 0 Å². The van der Waals surface area contributed by atoms with Crippen LogP contribution in [0, 0.1) is 20.8 Å². The molecule has 0 aliphatic rings. The van der Waals surface area contributed by atoms with Crippen LogP contribution in [0.4, 0.5) is 0 Å². The lowest BCUT2D eigenvalue weighted by Crippen LogP contribution is -1.97. The van der Waals surface area contributed by atoms with Gasteiger partial charge in [-0.1, -0.05) is 43.7 Å². The van der Waals surface area contributed by atoms with Gasteiger partial charge in [-0.05, 0) is 55.8 Å². The zero-order valence-electron chi connectivity index (χ0n) is 16.5. The fourth-order valence-corrected chi connectivity index (χ4v) is 4.23. The minimum atomic E-state index is 0.498. The molecule has 0 fully saturated rings. The summed E-state index contributed by atoms with van der Waals surface area (Å²) in [6, 6.07) is 15.9. The quantitative estimate of drug-likeness (QED) is 0.334. The van der Waals surface area contributed by atoms with Gasteiger partial charge in [0.25, 0.3) is 0 Å². The van der Waals surface area contributed by atoms with E-state index >= 15 is 0 Å². The lowest BCUT2D eigenvalue weighted by Gasteiger charge is -2.13. The lowest BCUT2D eigenvalue weighted by molar-refractivity contribution is 0.868. The molecule has 27 heavy (non-hydrogen) atoms. The van der Waals surface area contributed by atoms with Gasteiger partial charge in [0.05, 0.1) is 16.7 Å². The summed E-state index contributed by atoms with van der Waals surface area (Å²) in [6.45, 7) is 10.7. The lowest BCUT2D eigenvalue weighted by atomic mass is 9.97. The highest BCUT2D eigenvalue weighted by Crippen LogP contribution is 2.35. The SMILES string of the molecule is Cc1ccc2c(c1)c1cc(C(C)C)ccc1n1c2cc2c(C)nc(C)nc21. The average Bonchev–Trinajstić information content (AvgIpc) is 3.01. The van der Waals surface area contributed by atoms with Crippen LogP contribution in [-0.2, 0) is 0 Å². The third-order valence-electron chi connectivity index (χ3n) is 5.63. The molecule has 0 unspecified atom stereocenters. The zero-order valence-corrected chi connectivity index (χ0v) is 16.5. The van der Waals surface area contributed by atoms with Gasteiger partial charge in [0.1, 0.15) is 11.5 Å². The van der Waals surface area contributed by atoms with E-state index in [4.69, 9.17) is 4.98 Å². The van der Waals surface area contributed by atoms with Gasteiger partial charge in [-0.25, -0.2) is 9.97 Å². The summed E-state index contributed by atoms with van der Waals surface area (Å²) in [5.41, 5.74) is 7.09. The predicted molar refractivity (Wildman–Crippen MR) is 114 cm³/mol. The molecular weight excluding hydrogens is 330 g/mol. The van der Waals surface area contributed by atoms with E-state index in [1.807, 2.05) is 6.92 Å². The van der Waals surface area contributed by atoms with Crippen molar-refractivity contribution in [3.63, 3.8) is 0 Å². The number of fused-ring (bicyclic) bond motifs is 8. The first-order chi connectivity index (χ1) is 12.9. The van der Waals surface area contributed by atoms with E-state index in [0.29, 0.717) is 5.92 Å². The van der Waals surface area contributed by atoms with Gasteiger partial charge < -0.3 is 0 Å². The maximum Gasteiger partial charge on any atom is 0.148 e. The summed E-state index contributed by atoms with van der Waals surface area (Å²) in [5, 5.41) is 5.00. The van der Waals surface area contributed by atoms with Crippen molar-refractivity contribution in [3.8, 4) is 0 Å². The molecule has 3 nitrogen and oxygen atoms in total. The second-order valence-electron chi connectivity index (χ2n) is 7.94. The van der Waals surface area contributed by atoms with Crippen molar-refractivity contribution in [2.45, 2.75) is 40.5 Å². The predicted octanol–water partition coefficient (Wildman–Crippen LogP) is 6.24. The summed E-state index contributed by atoms with van der Waals surface area (Å²) < 4.78 is 2.31. The molecule has 0 amide bonds. The van der Waals surface area contributed by atoms with Crippen molar-refractivity contribution in [2.75, 3.05) is 0 Å². The molecule has 0 radical (unpaired) electrons. The highest BCUT2D eigenvalue weighted by atomic mass is 15.0. The van der Waals surface area contributed by atoms with Gasteiger partial charge in [0, 0.05) is 16.2 Å². The summed E-state index contributed by atoms with van der Waals surface area (Å²) in [6.07, 6.45) is 0. The van der Waals surface area contributed by atoms with Gasteiger partial charge in [-0.2, -0.15) is 0 Å². The normalized spacial score (nSPS) is 12.2. The monoisotopic (exact) mass is 353 g/mol. The molecule has 5 rings (SSSR count). The third kappa shape index (κ3) is 2.27. The molecule has 0 spiro atoms. The standard InChI is InChI=1S/C24H23N3/c1-13(2)17-7-9-22-21(11-17)20-10-14(3)6-8-18(20)23-12-19-15(4)25-16(5)26-24(19)27(22)23/h6-13H,1-5H3. The van der Waals surface area contributed by atoms with Crippen LogP contribution in [0.3, 0.4) is 0 Å². The number of hydrogen-bond acceptors (Lipinski definition) is 2. The van der Waals surface area contributed by atoms with Crippen LogP contribution in [0.15, 0.2) is 42.5 Å². The van der Waals surface area contributed by atoms with E-state index in [2.05, 4.69) is 79.5 Å². The van der Waals surface area contributed by atoms with Gasteiger partial charge >= 0.3 is 0 Å². The third-order valence-corrected chi connectivity index (χ3v) is 5.63. The van der Waals surface area contributed by atoms with Crippen LogP contribution in [0.25, 0.3) is 38.2 Å². The molecule has 0 saturated heterocycles. The van der Waals surface area contributed by atoms with E-state index in [1.54, 1.807) is 0 Å². The summed E-state index contributed by atoms with van der Waals surface area (Å²) in [5.74, 6) is 1.31. The molecule has 3 aromatic heterocycles. The second kappa shape index (κ2) is 5.53. The number of aromatic nitrogens is 3. The Balaban J connectivity index is 2.12. The first-order valence-electron chi connectivity index (χ1n) is 9.56. The van der Waals surface area contributed by atoms with E-state index < -0.39 is 0 Å². The molecule has 0 saturated carbocycles. The van der Waals surface area contributed by atoms with Crippen LogP contribution in [-0.4, -0.2) is 14.4 Å². The Hall–Kier alpha value is -2.94. The number of pyridine rings is 1. The molecule has 0 bridgehead atoms. The molecule has 134 valence electrons. The van der Waals surface area contributed by atoms with Crippen LogP contribution in [0.1, 0.15) is 42.4 Å². The van der Waals surface area contributed by atoms with Crippen LogP contribution >= 0.6 is 0 Å². The second-order valence-corrected chi connectivity index (χ2v) is 7.94. The van der Waals surface area contributed by atoms with Crippen molar-refractivity contribution in [1.82, 2.24) is 14.4 Å². The Morgan fingerprint density at radius 3 is 2.33 bits per heavy atom. The number of nitrogens with zero attached hydrogens (tertiary/aromatic N) is 3. The molecular formula is C24H23N3. The highest BCUT2D eigenvalue weighted by molar-refractivity contribution is 6.15. The van der Waals surface area contributed by atoms with Gasteiger partial charge in [-0.3, -0.25) is 4.40 Å². The van der Waals surface area contributed by atoms with E-state index in [0.717, 1.165) is 22.6 Å². The highest BCUT2D eigenvalue weighted by Gasteiger charge is 2.16. The first-order valence-corrected chi connectivity index (χ1v) is 9.56. The van der Waals surface area contributed by atoms with Crippen molar-refractivity contribution < 1.29 is 0 Å². The zero-order chi connectivity index (χ0) is 18.9. The molecule has 0 aliphatic heterocycles. The fraction of sp³-hybridized carbons (Fsp3) is 0.250. The van der Waals surface area contributed by atoms with Crippen molar-refractivity contribution in [3.05, 3.63) is 65.1 Å². The minimum Gasteiger partial charge on any atom is -0.293 e. The Morgan fingerprint density at radius 2 is 1.56 bits per heavy atom. The van der Waals surface area contributed by atoms with Gasteiger partial charge in [0.15, 0.2) is 0 Å². The molecule has 3 heteroatoms. The number of benzene rings is 2. The topological polar surface area (TPSA) is 30.2 Å². The van der Waals surface area contributed by atoms with Crippen molar-refractivity contribution in [2.24, 2.45) is 0 Å². The molecule has 0 aliphatic carbocycles. The van der Waals surface area contributed by atoms with Crippen molar-refractivity contribution in [1.29, 1.82) is 0 Å². The number of aryl methyl sites for hydroxylation is 3. The molecule has 3 heterocycles. The van der Waals surface area contributed by atoms with E-state index in [-0.39, 0.29) is 0 Å². The molecule has 2 aromatic carbocycles. The van der Waals surface area contributed by atoms with E-state index in [9.17, 15) is 0 Å². The summed E-state index contributed by atoms with van der Waals surface area (Å²) >= 11 is 0. The van der Waals surface area contributed by atoms with Crippen LogP contribution in [0.2, 0.25) is 0 Å².